The molecule has 2 aromatic rings. The van der Waals surface area contributed by atoms with Gasteiger partial charge in [0.2, 0.25) is 0 Å². The first-order chi connectivity index (χ1) is 10.0. The highest BCUT2D eigenvalue weighted by Crippen LogP contribution is 2.37. The van der Waals surface area contributed by atoms with Crippen LogP contribution in [0, 0.1) is 0 Å². The predicted molar refractivity (Wildman–Crippen MR) is 84.8 cm³/mol. The third-order valence-corrected chi connectivity index (χ3v) is 3.90. The molecule has 1 aromatic carbocycles. The molecule has 1 heterocycles. The maximum absolute atomic E-state index is 6.30. The molecule has 0 radical (unpaired) electrons. The number of methoxy groups -OCH3 is 1. The lowest BCUT2D eigenvalue weighted by Gasteiger charge is -2.22. The van der Waals surface area contributed by atoms with Crippen molar-refractivity contribution in [3.05, 3.63) is 45.7 Å². The summed E-state index contributed by atoms with van der Waals surface area (Å²) in [5.74, 6) is 6.39. The van der Waals surface area contributed by atoms with E-state index in [0.717, 1.165) is 5.69 Å². The molecule has 2 rings (SSSR count). The minimum atomic E-state index is -0.425. The second-order valence-electron chi connectivity index (χ2n) is 4.87. The van der Waals surface area contributed by atoms with Crippen molar-refractivity contribution in [2.75, 3.05) is 7.11 Å². The monoisotopic (exact) mass is 328 g/mol. The van der Waals surface area contributed by atoms with Gasteiger partial charge in [-0.15, -0.1) is 0 Å². The standard InChI is InChI=1S/C14H18Cl2N4O/c1-8(2)20-14(11(21-3)7-18-20)13(19-17)12-9(15)5-4-6-10(12)16/h4-8,13,19H,17H2,1-3H3. The van der Waals surface area contributed by atoms with Crippen LogP contribution in [0.25, 0.3) is 0 Å². The van der Waals surface area contributed by atoms with Crippen molar-refractivity contribution >= 4 is 23.2 Å². The van der Waals surface area contributed by atoms with Crippen molar-refractivity contribution in [2.24, 2.45) is 5.84 Å². The quantitative estimate of drug-likeness (QED) is 0.652. The third kappa shape index (κ3) is 3.01. The molecule has 1 aromatic heterocycles. The van der Waals surface area contributed by atoms with Gasteiger partial charge in [0.1, 0.15) is 5.69 Å². The molecule has 0 fully saturated rings. The molecular formula is C14H18Cl2N4O. The van der Waals surface area contributed by atoms with Crippen molar-refractivity contribution in [1.82, 2.24) is 15.2 Å². The van der Waals surface area contributed by atoms with Crippen LogP contribution in [0.1, 0.15) is 37.2 Å². The van der Waals surface area contributed by atoms with Crippen LogP contribution in [-0.2, 0) is 0 Å². The molecule has 0 aliphatic carbocycles. The lowest BCUT2D eigenvalue weighted by molar-refractivity contribution is 0.394. The zero-order chi connectivity index (χ0) is 15.6. The topological polar surface area (TPSA) is 65.1 Å². The number of benzene rings is 1. The molecule has 21 heavy (non-hydrogen) atoms. The van der Waals surface area contributed by atoms with Gasteiger partial charge in [0, 0.05) is 21.7 Å². The number of rotatable bonds is 5. The van der Waals surface area contributed by atoms with E-state index < -0.39 is 6.04 Å². The molecule has 0 saturated heterocycles. The SMILES string of the molecule is COc1cnn(C(C)C)c1C(NN)c1c(Cl)cccc1Cl. The summed E-state index contributed by atoms with van der Waals surface area (Å²) >= 11 is 12.6. The van der Waals surface area contributed by atoms with Gasteiger partial charge in [-0.1, -0.05) is 29.3 Å². The van der Waals surface area contributed by atoms with E-state index >= 15 is 0 Å². The molecule has 5 nitrogen and oxygen atoms in total. The highest BCUT2D eigenvalue weighted by molar-refractivity contribution is 6.36. The second kappa shape index (κ2) is 6.66. The number of nitrogens with two attached hydrogens (primary N) is 1. The Balaban J connectivity index is 2.64. The molecule has 3 N–H and O–H groups in total. The van der Waals surface area contributed by atoms with E-state index in [-0.39, 0.29) is 6.04 Å². The minimum Gasteiger partial charge on any atom is -0.493 e. The van der Waals surface area contributed by atoms with Gasteiger partial charge in [0.05, 0.1) is 19.3 Å². The summed E-state index contributed by atoms with van der Waals surface area (Å²) in [4.78, 5) is 0. The van der Waals surface area contributed by atoms with Gasteiger partial charge in [-0.2, -0.15) is 5.10 Å². The molecule has 0 amide bonds. The zero-order valence-corrected chi connectivity index (χ0v) is 13.6. The van der Waals surface area contributed by atoms with Gasteiger partial charge in [-0.05, 0) is 26.0 Å². The first-order valence-corrected chi connectivity index (χ1v) is 7.28. The van der Waals surface area contributed by atoms with Gasteiger partial charge in [-0.25, -0.2) is 5.43 Å². The number of hydrogen-bond acceptors (Lipinski definition) is 4. The van der Waals surface area contributed by atoms with Gasteiger partial charge in [0.15, 0.2) is 5.75 Å². The number of halogens is 2. The lowest BCUT2D eigenvalue weighted by Crippen LogP contribution is -2.32. The predicted octanol–water partition coefficient (Wildman–Crippen LogP) is 3.33. The Morgan fingerprint density at radius 2 is 1.90 bits per heavy atom. The fraction of sp³-hybridized carbons (Fsp3) is 0.357. The van der Waals surface area contributed by atoms with Crippen molar-refractivity contribution in [1.29, 1.82) is 0 Å². The van der Waals surface area contributed by atoms with E-state index in [1.807, 2.05) is 18.5 Å². The molecule has 0 aliphatic rings. The van der Waals surface area contributed by atoms with Crippen LogP contribution in [0.15, 0.2) is 24.4 Å². The Bertz CT molecular complexity index is 607. The summed E-state index contributed by atoms with van der Waals surface area (Å²) in [6, 6.07) is 5.05. The highest BCUT2D eigenvalue weighted by atomic mass is 35.5. The Morgan fingerprint density at radius 3 is 2.38 bits per heavy atom. The number of hydrogen-bond donors (Lipinski definition) is 2. The van der Waals surface area contributed by atoms with Crippen LogP contribution < -0.4 is 16.0 Å². The van der Waals surface area contributed by atoms with E-state index in [1.54, 1.807) is 31.5 Å². The maximum atomic E-state index is 6.30. The molecule has 0 bridgehead atoms. The summed E-state index contributed by atoms with van der Waals surface area (Å²) < 4.78 is 7.23. The molecule has 7 heteroatoms. The van der Waals surface area contributed by atoms with Crippen LogP contribution in [0.3, 0.4) is 0 Å². The Kier molecular flexibility index (Phi) is 5.11. The van der Waals surface area contributed by atoms with Crippen molar-refractivity contribution in [3.63, 3.8) is 0 Å². The number of hydrazine groups is 1. The van der Waals surface area contributed by atoms with Crippen molar-refractivity contribution in [2.45, 2.75) is 25.9 Å². The van der Waals surface area contributed by atoms with Crippen LogP contribution in [0.4, 0.5) is 0 Å². The smallest absolute Gasteiger partial charge is 0.161 e. The Labute approximate surface area is 134 Å². The second-order valence-corrected chi connectivity index (χ2v) is 5.69. The van der Waals surface area contributed by atoms with Crippen LogP contribution in [0.2, 0.25) is 10.0 Å². The van der Waals surface area contributed by atoms with E-state index in [0.29, 0.717) is 21.4 Å². The molecule has 1 atom stereocenters. The summed E-state index contributed by atoms with van der Waals surface area (Å²) in [5, 5.41) is 5.41. The number of nitrogens with one attached hydrogen (secondary N) is 1. The number of ether oxygens (including phenoxy) is 1. The van der Waals surface area contributed by atoms with Crippen LogP contribution >= 0.6 is 23.2 Å². The molecule has 0 spiro atoms. The van der Waals surface area contributed by atoms with Gasteiger partial charge in [-0.3, -0.25) is 10.5 Å². The van der Waals surface area contributed by atoms with E-state index in [4.69, 9.17) is 33.8 Å². The van der Waals surface area contributed by atoms with E-state index in [1.165, 1.54) is 0 Å². The van der Waals surface area contributed by atoms with Crippen molar-refractivity contribution < 1.29 is 4.74 Å². The Hall–Kier alpha value is -1.27. The van der Waals surface area contributed by atoms with E-state index in [9.17, 15) is 0 Å². The molecule has 114 valence electrons. The summed E-state index contributed by atoms with van der Waals surface area (Å²) in [7, 11) is 1.59. The maximum Gasteiger partial charge on any atom is 0.161 e. The fourth-order valence-electron chi connectivity index (χ4n) is 2.28. The van der Waals surface area contributed by atoms with Gasteiger partial charge < -0.3 is 4.74 Å². The van der Waals surface area contributed by atoms with Crippen LogP contribution in [0.5, 0.6) is 5.75 Å². The average Bonchev–Trinajstić information content (AvgIpc) is 2.86. The summed E-state index contributed by atoms with van der Waals surface area (Å²) in [6.45, 7) is 4.05. The number of aromatic nitrogens is 2. The minimum absolute atomic E-state index is 0.140. The Morgan fingerprint density at radius 1 is 1.29 bits per heavy atom. The van der Waals surface area contributed by atoms with Gasteiger partial charge in [0.25, 0.3) is 0 Å². The first kappa shape index (κ1) is 16.1. The summed E-state index contributed by atoms with van der Waals surface area (Å²) in [5.41, 5.74) is 4.24. The lowest BCUT2D eigenvalue weighted by atomic mass is 10.0. The van der Waals surface area contributed by atoms with Crippen molar-refractivity contribution in [3.8, 4) is 5.75 Å². The largest absolute Gasteiger partial charge is 0.493 e. The molecule has 1 unspecified atom stereocenters. The van der Waals surface area contributed by atoms with E-state index in [2.05, 4.69) is 10.5 Å². The summed E-state index contributed by atoms with van der Waals surface area (Å²) in [6.07, 6.45) is 1.66. The number of nitrogens with zero attached hydrogens (tertiary/aromatic N) is 2. The molecule has 0 aliphatic heterocycles. The molecule has 0 saturated carbocycles. The first-order valence-electron chi connectivity index (χ1n) is 6.52. The van der Waals surface area contributed by atoms with Gasteiger partial charge >= 0.3 is 0 Å². The average molecular weight is 329 g/mol. The third-order valence-electron chi connectivity index (χ3n) is 3.24. The fourth-order valence-corrected chi connectivity index (χ4v) is 2.90. The zero-order valence-electron chi connectivity index (χ0n) is 12.1. The molecular weight excluding hydrogens is 311 g/mol. The van der Waals surface area contributed by atoms with Crippen LogP contribution in [-0.4, -0.2) is 16.9 Å². The highest BCUT2D eigenvalue weighted by Gasteiger charge is 2.27. The normalized spacial score (nSPS) is 12.7.